The predicted octanol–water partition coefficient (Wildman–Crippen LogP) is 3.32. The summed E-state index contributed by atoms with van der Waals surface area (Å²) in [6.45, 7) is 3.44. The Bertz CT molecular complexity index is 643. The molecule has 4 heteroatoms. The van der Waals surface area contributed by atoms with Gasteiger partial charge in [-0.05, 0) is 43.3 Å². The number of furan rings is 1. The van der Waals surface area contributed by atoms with Crippen LogP contribution in [0.3, 0.4) is 0 Å². The minimum absolute atomic E-state index is 0.739. The summed E-state index contributed by atoms with van der Waals surface area (Å²) in [5, 5.41) is 8.65. The molecule has 0 bridgehead atoms. The maximum absolute atomic E-state index is 10.5. The van der Waals surface area contributed by atoms with Crippen LogP contribution in [0.5, 0.6) is 0 Å². The van der Waals surface area contributed by atoms with Crippen LogP contribution >= 0.6 is 0 Å². The molecule has 0 unspecified atom stereocenters. The number of rotatable bonds is 6. The largest absolute Gasteiger partial charge is 0.478 e. The van der Waals surface area contributed by atoms with Crippen molar-refractivity contribution in [2.75, 3.05) is 7.05 Å². The number of nitrogens with zero attached hydrogens (tertiary/aromatic N) is 1. The first-order valence-electron chi connectivity index (χ1n) is 6.77. The minimum atomic E-state index is -0.939. The lowest BCUT2D eigenvalue weighted by Crippen LogP contribution is -2.16. The first-order chi connectivity index (χ1) is 10.0. The van der Waals surface area contributed by atoms with Crippen molar-refractivity contribution < 1.29 is 14.3 Å². The number of aliphatic carboxylic acids is 1. The summed E-state index contributed by atoms with van der Waals surface area (Å²) in [7, 11) is 2.03. The first kappa shape index (κ1) is 15.1. The van der Waals surface area contributed by atoms with E-state index in [4.69, 9.17) is 9.52 Å². The van der Waals surface area contributed by atoms with Crippen molar-refractivity contribution in [3.8, 4) is 0 Å². The van der Waals surface area contributed by atoms with Crippen LogP contribution < -0.4 is 0 Å². The minimum Gasteiger partial charge on any atom is -0.478 e. The van der Waals surface area contributed by atoms with E-state index in [0.29, 0.717) is 0 Å². The van der Waals surface area contributed by atoms with Gasteiger partial charge in [0.25, 0.3) is 0 Å². The maximum atomic E-state index is 10.5. The van der Waals surface area contributed by atoms with Gasteiger partial charge in [-0.25, -0.2) is 4.79 Å². The lowest BCUT2D eigenvalue weighted by Gasteiger charge is -2.15. The molecular formula is C17H19NO3. The van der Waals surface area contributed by atoms with Crippen molar-refractivity contribution in [3.63, 3.8) is 0 Å². The number of hydrogen-bond acceptors (Lipinski definition) is 3. The summed E-state index contributed by atoms with van der Waals surface area (Å²) < 4.78 is 5.56. The summed E-state index contributed by atoms with van der Waals surface area (Å²) in [5.41, 5.74) is 2.02. The summed E-state index contributed by atoms with van der Waals surface area (Å²) in [6, 6.07) is 11.8. The van der Waals surface area contributed by atoms with Crippen molar-refractivity contribution in [1.82, 2.24) is 4.90 Å². The Balaban J connectivity index is 1.98. The number of aryl methyl sites for hydroxylation is 1. The molecule has 4 nitrogen and oxygen atoms in total. The Hall–Kier alpha value is -2.33. The Morgan fingerprint density at radius 2 is 2.10 bits per heavy atom. The average molecular weight is 285 g/mol. The van der Waals surface area contributed by atoms with Crippen LogP contribution in [0.1, 0.15) is 22.6 Å². The monoisotopic (exact) mass is 285 g/mol. The van der Waals surface area contributed by atoms with Gasteiger partial charge in [0.05, 0.1) is 6.54 Å². The number of hydrogen-bond donors (Lipinski definition) is 1. The molecule has 0 aliphatic rings. The summed E-state index contributed by atoms with van der Waals surface area (Å²) in [5.74, 6) is 0.918. The fraction of sp³-hybridized carbons (Fsp3) is 0.235. The second kappa shape index (κ2) is 6.90. The lowest BCUT2D eigenvalue weighted by atomic mass is 10.1. The smallest absolute Gasteiger partial charge is 0.328 e. The Labute approximate surface area is 124 Å². The normalized spacial score (nSPS) is 11.4. The second-order valence-corrected chi connectivity index (χ2v) is 5.10. The Morgan fingerprint density at radius 1 is 1.29 bits per heavy atom. The van der Waals surface area contributed by atoms with Gasteiger partial charge >= 0.3 is 5.97 Å². The highest BCUT2D eigenvalue weighted by atomic mass is 16.4. The molecule has 1 N–H and O–H groups in total. The third-order valence-corrected chi connectivity index (χ3v) is 3.04. The van der Waals surface area contributed by atoms with Gasteiger partial charge in [-0.3, -0.25) is 4.90 Å². The molecule has 0 amide bonds. The van der Waals surface area contributed by atoms with Gasteiger partial charge in [-0.1, -0.05) is 24.3 Å². The molecule has 0 radical (unpaired) electrons. The van der Waals surface area contributed by atoms with Gasteiger partial charge < -0.3 is 9.52 Å². The fourth-order valence-electron chi connectivity index (χ4n) is 2.17. The van der Waals surface area contributed by atoms with Crippen molar-refractivity contribution in [3.05, 3.63) is 65.1 Å². The van der Waals surface area contributed by atoms with Gasteiger partial charge in [0, 0.05) is 12.6 Å². The van der Waals surface area contributed by atoms with E-state index >= 15 is 0 Å². The molecular weight excluding hydrogens is 266 g/mol. The zero-order valence-corrected chi connectivity index (χ0v) is 12.2. The van der Waals surface area contributed by atoms with Gasteiger partial charge in [-0.15, -0.1) is 0 Å². The fourth-order valence-corrected chi connectivity index (χ4v) is 2.17. The zero-order chi connectivity index (χ0) is 15.2. The lowest BCUT2D eigenvalue weighted by molar-refractivity contribution is -0.131. The van der Waals surface area contributed by atoms with Crippen LogP contribution in [0.4, 0.5) is 0 Å². The highest BCUT2D eigenvalue weighted by Crippen LogP contribution is 2.13. The third-order valence-electron chi connectivity index (χ3n) is 3.04. The predicted molar refractivity (Wildman–Crippen MR) is 81.7 cm³/mol. The molecule has 21 heavy (non-hydrogen) atoms. The number of carboxylic acids is 1. The van der Waals surface area contributed by atoms with E-state index in [9.17, 15) is 4.79 Å². The molecule has 0 aliphatic carbocycles. The quantitative estimate of drug-likeness (QED) is 0.827. The molecule has 2 rings (SSSR count). The summed E-state index contributed by atoms with van der Waals surface area (Å²) in [4.78, 5) is 12.7. The Morgan fingerprint density at radius 3 is 2.76 bits per heavy atom. The highest BCUT2D eigenvalue weighted by Gasteiger charge is 2.05. The second-order valence-electron chi connectivity index (χ2n) is 5.10. The molecule has 0 saturated carbocycles. The molecule has 0 fully saturated rings. The van der Waals surface area contributed by atoms with E-state index in [-0.39, 0.29) is 0 Å². The van der Waals surface area contributed by atoms with Crippen molar-refractivity contribution in [2.24, 2.45) is 0 Å². The van der Waals surface area contributed by atoms with E-state index in [2.05, 4.69) is 4.90 Å². The van der Waals surface area contributed by atoms with Crippen LogP contribution in [-0.4, -0.2) is 23.0 Å². The number of carbonyl (C=O) groups is 1. The average Bonchev–Trinajstić information content (AvgIpc) is 2.82. The van der Waals surface area contributed by atoms with E-state index in [1.807, 2.05) is 50.4 Å². The van der Waals surface area contributed by atoms with Crippen LogP contribution in [-0.2, 0) is 17.9 Å². The Kier molecular flexibility index (Phi) is 4.95. The van der Waals surface area contributed by atoms with E-state index in [1.54, 1.807) is 6.08 Å². The van der Waals surface area contributed by atoms with Crippen LogP contribution in [0.2, 0.25) is 0 Å². The SMILES string of the molecule is Cc1ccc(CN(C)Cc2cccc(C=CC(=O)O)c2)o1. The van der Waals surface area contributed by atoms with Crippen molar-refractivity contribution in [2.45, 2.75) is 20.0 Å². The third kappa shape index (κ3) is 4.93. The zero-order valence-electron chi connectivity index (χ0n) is 12.2. The van der Waals surface area contributed by atoms with Crippen LogP contribution in [0.25, 0.3) is 6.08 Å². The van der Waals surface area contributed by atoms with Gasteiger partial charge in [0.2, 0.25) is 0 Å². The standard InChI is InChI=1S/C17H19NO3/c1-13-6-8-16(21-13)12-18(2)11-15-5-3-4-14(10-15)7-9-17(19)20/h3-10H,11-12H2,1-2H3,(H,19,20). The van der Waals surface area contributed by atoms with Gasteiger partial charge in [0.1, 0.15) is 11.5 Å². The molecule has 0 atom stereocenters. The topological polar surface area (TPSA) is 53.7 Å². The van der Waals surface area contributed by atoms with Crippen molar-refractivity contribution in [1.29, 1.82) is 0 Å². The molecule has 0 spiro atoms. The van der Waals surface area contributed by atoms with E-state index in [0.717, 1.165) is 41.8 Å². The van der Waals surface area contributed by atoms with Gasteiger partial charge in [-0.2, -0.15) is 0 Å². The molecule has 1 aromatic carbocycles. The summed E-state index contributed by atoms with van der Waals surface area (Å²) in [6.07, 6.45) is 2.75. The molecule has 1 heterocycles. The first-order valence-corrected chi connectivity index (χ1v) is 6.77. The summed E-state index contributed by atoms with van der Waals surface area (Å²) >= 11 is 0. The highest BCUT2D eigenvalue weighted by molar-refractivity contribution is 5.85. The van der Waals surface area contributed by atoms with Gasteiger partial charge in [0.15, 0.2) is 0 Å². The molecule has 0 saturated heterocycles. The molecule has 2 aromatic rings. The van der Waals surface area contributed by atoms with E-state index in [1.165, 1.54) is 0 Å². The molecule has 110 valence electrons. The number of benzene rings is 1. The maximum Gasteiger partial charge on any atom is 0.328 e. The van der Waals surface area contributed by atoms with Crippen LogP contribution in [0, 0.1) is 6.92 Å². The number of carboxylic acid groups (broad SMARTS) is 1. The molecule has 1 aromatic heterocycles. The van der Waals surface area contributed by atoms with Crippen molar-refractivity contribution >= 4 is 12.0 Å². The van der Waals surface area contributed by atoms with Crippen LogP contribution in [0.15, 0.2) is 46.9 Å². The molecule has 0 aliphatic heterocycles. The van der Waals surface area contributed by atoms with E-state index < -0.39 is 5.97 Å².